The van der Waals surface area contributed by atoms with Crippen molar-refractivity contribution in [1.82, 2.24) is 29.6 Å². The van der Waals surface area contributed by atoms with E-state index in [2.05, 4.69) is 38.9 Å². The van der Waals surface area contributed by atoms with E-state index in [1.807, 2.05) is 46.9 Å². The molecule has 0 atom stereocenters. The van der Waals surface area contributed by atoms with Gasteiger partial charge >= 0.3 is 0 Å². The first-order chi connectivity index (χ1) is 16.4. The Bertz CT molecular complexity index is 1180. The van der Waals surface area contributed by atoms with Gasteiger partial charge in [0.15, 0.2) is 5.82 Å². The van der Waals surface area contributed by atoms with Crippen LogP contribution in [0.1, 0.15) is 26.0 Å². The smallest absolute Gasteiger partial charge is 0.229 e. The number of fused-ring (bicyclic) bond motifs is 1. The number of aromatic nitrogens is 4. The predicted octanol–water partition coefficient (Wildman–Crippen LogP) is 2.41. The minimum atomic E-state index is -0.515. The number of hydrogen-bond donors (Lipinski definition) is 1. The van der Waals surface area contributed by atoms with Crippen molar-refractivity contribution in [3.63, 3.8) is 0 Å². The van der Waals surface area contributed by atoms with E-state index in [1.54, 1.807) is 6.20 Å². The molecule has 2 saturated heterocycles. The number of imidazole rings is 1. The summed E-state index contributed by atoms with van der Waals surface area (Å²) in [6.07, 6.45) is 6.56. The van der Waals surface area contributed by atoms with Crippen molar-refractivity contribution in [2.45, 2.75) is 25.8 Å². The zero-order chi connectivity index (χ0) is 23.9. The Labute approximate surface area is 204 Å². The molecule has 0 saturated carbocycles. The maximum atomic E-state index is 13.4. The lowest BCUT2D eigenvalue weighted by atomic mass is 9.93. The number of hydrogen-bond acceptors (Lipinski definition) is 7. The molecule has 180 valence electrons. The SMILES string of the molecule is CN(C(=O)C1CN(c2nc(N3CCCNCC3)ncc2Cl)C1)C(C)(C)c1cnc2ccccn12. The maximum Gasteiger partial charge on any atom is 0.229 e. The molecule has 2 fully saturated rings. The highest BCUT2D eigenvalue weighted by Gasteiger charge is 2.41. The summed E-state index contributed by atoms with van der Waals surface area (Å²) in [6, 6.07) is 5.90. The fraction of sp³-hybridized carbons (Fsp3) is 0.500. The Morgan fingerprint density at radius 1 is 1.15 bits per heavy atom. The average Bonchev–Trinajstić information content (AvgIpc) is 3.06. The third-order valence-corrected chi connectivity index (χ3v) is 7.35. The van der Waals surface area contributed by atoms with Crippen LogP contribution in [0.25, 0.3) is 5.65 Å². The monoisotopic (exact) mass is 482 g/mol. The molecule has 2 aliphatic rings. The lowest BCUT2D eigenvalue weighted by Gasteiger charge is -2.44. The van der Waals surface area contributed by atoms with E-state index in [1.165, 1.54) is 0 Å². The number of pyridine rings is 1. The van der Waals surface area contributed by atoms with E-state index in [4.69, 9.17) is 16.6 Å². The van der Waals surface area contributed by atoms with Crippen LogP contribution in [-0.4, -0.2) is 76.5 Å². The number of rotatable bonds is 5. The summed E-state index contributed by atoms with van der Waals surface area (Å²) in [6.45, 7) is 8.99. The van der Waals surface area contributed by atoms with Crippen LogP contribution in [0.15, 0.2) is 36.8 Å². The van der Waals surface area contributed by atoms with Gasteiger partial charge in [0.2, 0.25) is 11.9 Å². The van der Waals surface area contributed by atoms with Crippen LogP contribution in [0.5, 0.6) is 0 Å². The van der Waals surface area contributed by atoms with E-state index in [9.17, 15) is 4.79 Å². The second-order valence-corrected chi connectivity index (χ2v) is 9.97. The van der Waals surface area contributed by atoms with Gasteiger partial charge in [-0.1, -0.05) is 17.7 Å². The standard InChI is InChI=1S/C24H31ClN8O/c1-24(2,19-14-27-20-7-4-5-11-33(19)20)30(3)22(34)17-15-32(16-17)21-18(25)13-28-23(29-21)31-10-6-8-26-9-12-31/h4-5,7,11,13-14,17,26H,6,8-10,12,15-16H2,1-3H3. The molecule has 0 spiro atoms. The molecule has 5 heterocycles. The van der Waals surface area contributed by atoms with Crippen LogP contribution in [0.2, 0.25) is 5.02 Å². The van der Waals surface area contributed by atoms with Gasteiger partial charge in [-0.05, 0) is 38.9 Å². The van der Waals surface area contributed by atoms with Gasteiger partial charge in [0.05, 0.1) is 29.5 Å². The largest absolute Gasteiger partial charge is 0.353 e. The molecule has 5 rings (SSSR count). The maximum absolute atomic E-state index is 13.4. The lowest BCUT2D eigenvalue weighted by Crippen LogP contribution is -2.57. The van der Waals surface area contributed by atoms with Crippen molar-refractivity contribution >= 4 is 34.9 Å². The number of carbonyl (C=O) groups is 1. The first-order valence-electron chi connectivity index (χ1n) is 11.8. The molecular weight excluding hydrogens is 452 g/mol. The summed E-state index contributed by atoms with van der Waals surface area (Å²) in [5.74, 6) is 1.40. The Balaban J connectivity index is 1.28. The molecule has 0 aliphatic carbocycles. The van der Waals surface area contributed by atoms with Crippen molar-refractivity contribution in [3.05, 3.63) is 47.5 Å². The third kappa shape index (κ3) is 4.07. The number of amides is 1. The molecule has 9 nitrogen and oxygen atoms in total. The van der Waals surface area contributed by atoms with Gasteiger partial charge in [0.25, 0.3) is 0 Å². The van der Waals surface area contributed by atoms with Crippen LogP contribution < -0.4 is 15.1 Å². The van der Waals surface area contributed by atoms with Gasteiger partial charge in [-0.25, -0.2) is 9.97 Å². The quantitative estimate of drug-likeness (QED) is 0.598. The average molecular weight is 483 g/mol. The zero-order valence-electron chi connectivity index (χ0n) is 19.9. The van der Waals surface area contributed by atoms with E-state index in [0.29, 0.717) is 29.9 Å². The summed E-state index contributed by atoms with van der Waals surface area (Å²) < 4.78 is 2.04. The van der Waals surface area contributed by atoms with E-state index in [0.717, 1.165) is 43.9 Å². The Hall–Kier alpha value is -2.91. The van der Waals surface area contributed by atoms with Crippen LogP contribution in [0.4, 0.5) is 11.8 Å². The van der Waals surface area contributed by atoms with Crippen LogP contribution in [0, 0.1) is 5.92 Å². The molecule has 3 aromatic rings. The van der Waals surface area contributed by atoms with E-state index >= 15 is 0 Å². The number of nitrogens with one attached hydrogen (secondary N) is 1. The van der Waals surface area contributed by atoms with E-state index in [-0.39, 0.29) is 11.8 Å². The lowest BCUT2D eigenvalue weighted by molar-refractivity contribution is -0.140. The van der Waals surface area contributed by atoms with Gasteiger partial charge in [-0.15, -0.1) is 0 Å². The fourth-order valence-corrected chi connectivity index (χ4v) is 4.89. The molecule has 0 radical (unpaired) electrons. The Kier molecular flexibility index (Phi) is 6.07. The molecule has 10 heteroatoms. The van der Waals surface area contributed by atoms with Crippen LogP contribution in [-0.2, 0) is 10.3 Å². The van der Waals surface area contributed by atoms with Crippen molar-refractivity contribution in [2.24, 2.45) is 5.92 Å². The molecule has 1 amide bonds. The topological polar surface area (TPSA) is 81.9 Å². The van der Waals surface area contributed by atoms with Crippen LogP contribution in [0.3, 0.4) is 0 Å². The second kappa shape index (κ2) is 9.03. The highest BCUT2D eigenvalue weighted by molar-refractivity contribution is 6.32. The summed E-state index contributed by atoms with van der Waals surface area (Å²) in [7, 11) is 1.87. The highest BCUT2D eigenvalue weighted by atomic mass is 35.5. The molecule has 3 aromatic heterocycles. The van der Waals surface area contributed by atoms with Gasteiger partial charge in [-0.3, -0.25) is 4.79 Å². The van der Waals surface area contributed by atoms with Crippen molar-refractivity contribution in [1.29, 1.82) is 0 Å². The summed E-state index contributed by atoms with van der Waals surface area (Å²) in [5.41, 5.74) is 1.33. The zero-order valence-corrected chi connectivity index (χ0v) is 20.7. The second-order valence-electron chi connectivity index (χ2n) is 9.56. The highest BCUT2D eigenvalue weighted by Crippen LogP contribution is 2.34. The minimum absolute atomic E-state index is 0.108. The van der Waals surface area contributed by atoms with Gasteiger partial charge in [0, 0.05) is 46.0 Å². The summed E-state index contributed by atoms with van der Waals surface area (Å²) in [5, 5.41) is 3.91. The molecule has 2 aliphatic heterocycles. The normalized spacial score (nSPS) is 17.5. The Morgan fingerprint density at radius 2 is 1.97 bits per heavy atom. The summed E-state index contributed by atoms with van der Waals surface area (Å²) >= 11 is 6.46. The molecule has 0 bridgehead atoms. The first-order valence-corrected chi connectivity index (χ1v) is 12.2. The van der Waals surface area contributed by atoms with Gasteiger partial charge < -0.3 is 24.4 Å². The van der Waals surface area contributed by atoms with Crippen molar-refractivity contribution < 1.29 is 4.79 Å². The Morgan fingerprint density at radius 3 is 2.79 bits per heavy atom. The predicted molar refractivity (Wildman–Crippen MR) is 133 cm³/mol. The number of anilines is 2. The van der Waals surface area contributed by atoms with Crippen molar-refractivity contribution in [3.8, 4) is 0 Å². The molecular formula is C24H31ClN8O. The number of carbonyl (C=O) groups excluding carboxylic acids is 1. The molecule has 34 heavy (non-hydrogen) atoms. The fourth-order valence-electron chi connectivity index (χ4n) is 4.68. The van der Waals surface area contributed by atoms with E-state index < -0.39 is 5.54 Å². The van der Waals surface area contributed by atoms with Crippen molar-refractivity contribution in [2.75, 3.05) is 56.1 Å². The molecule has 0 unspecified atom stereocenters. The van der Waals surface area contributed by atoms with Crippen LogP contribution >= 0.6 is 11.6 Å². The number of nitrogens with zero attached hydrogens (tertiary/aromatic N) is 7. The van der Waals surface area contributed by atoms with Gasteiger partial charge in [-0.2, -0.15) is 4.98 Å². The van der Waals surface area contributed by atoms with Gasteiger partial charge in [0.1, 0.15) is 10.7 Å². The first kappa shape index (κ1) is 22.9. The molecule has 1 N–H and O–H groups in total. The number of halogens is 1. The minimum Gasteiger partial charge on any atom is -0.353 e. The third-order valence-electron chi connectivity index (χ3n) is 7.08. The summed E-state index contributed by atoms with van der Waals surface area (Å²) in [4.78, 5) is 33.2. The molecule has 0 aromatic carbocycles.